The van der Waals surface area contributed by atoms with E-state index in [9.17, 15) is 9.59 Å². The fourth-order valence-corrected chi connectivity index (χ4v) is 5.77. The van der Waals surface area contributed by atoms with Gasteiger partial charge in [-0.3, -0.25) is 9.59 Å². The normalized spacial score (nSPS) is 34.2. The van der Waals surface area contributed by atoms with E-state index < -0.39 is 0 Å². The Balaban J connectivity index is 1.26. The molecule has 0 N–H and O–H groups in total. The Bertz CT molecular complexity index is 1080. The van der Waals surface area contributed by atoms with Crippen LogP contribution in [0.25, 0.3) is 11.3 Å². The Labute approximate surface area is 173 Å². The number of rotatable bonds is 3. The number of imide groups is 1. The van der Waals surface area contributed by atoms with Crippen LogP contribution in [0.3, 0.4) is 0 Å². The van der Waals surface area contributed by atoms with E-state index >= 15 is 0 Å². The van der Waals surface area contributed by atoms with Gasteiger partial charge in [0.1, 0.15) is 11.5 Å². The summed E-state index contributed by atoms with van der Waals surface area (Å²) in [5, 5.41) is 5.93. The summed E-state index contributed by atoms with van der Waals surface area (Å²) in [5.41, 5.74) is 1.95. The van der Waals surface area contributed by atoms with Gasteiger partial charge in [-0.1, -0.05) is 29.8 Å². The van der Waals surface area contributed by atoms with Gasteiger partial charge in [0.25, 0.3) is 11.8 Å². The van der Waals surface area contributed by atoms with Crippen LogP contribution in [0.2, 0.25) is 5.02 Å². The molecule has 3 fully saturated rings. The maximum absolute atomic E-state index is 12.9. The van der Waals surface area contributed by atoms with E-state index in [1.165, 1.54) is 6.21 Å². The Hall–Kier alpha value is -2.66. The lowest BCUT2D eigenvalue weighted by atomic mass is 9.63. The molecule has 2 heterocycles. The zero-order valence-electron chi connectivity index (χ0n) is 15.8. The van der Waals surface area contributed by atoms with Crippen LogP contribution in [-0.4, -0.2) is 23.0 Å². The smallest absolute Gasteiger partial charge is 0.254 e. The number of hydrogen-bond acceptors (Lipinski definition) is 4. The van der Waals surface area contributed by atoms with Gasteiger partial charge in [0.2, 0.25) is 0 Å². The molecule has 0 unspecified atom stereocenters. The van der Waals surface area contributed by atoms with Crippen molar-refractivity contribution in [2.45, 2.75) is 13.3 Å². The molecule has 1 aliphatic heterocycles. The maximum Gasteiger partial charge on any atom is 0.254 e. The second kappa shape index (κ2) is 5.92. The average Bonchev–Trinajstić information content (AvgIpc) is 3.36. The third-order valence-electron chi connectivity index (χ3n) is 7.03. The van der Waals surface area contributed by atoms with E-state index in [1.807, 2.05) is 31.2 Å². The van der Waals surface area contributed by atoms with E-state index in [-0.39, 0.29) is 35.5 Å². The first kappa shape index (κ1) is 17.2. The first-order valence-corrected chi connectivity index (χ1v) is 10.4. The van der Waals surface area contributed by atoms with Gasteiger partial charge in [-0.25, -0.2) is 0 Å². The number of halogens is 1. The van der Waals surface area contributed by atoms with Gasteiger partial charge in [0.05, 0.1) is 18.1 Å². The summed E-state index contributed by atoms with van der Waals surface area (Å²) in [4.78, 5) is 25.9. The number of aryl methyl sites for hydroxylation is 1. The minimum atomic E-state index is -0.236. The highest BCUT2D eigenvalue weighted by Crippen LogP contribution is 2.65. The van der Waals surface area contributed by atoms with Crippen molar-refractivity contribution in [2.24, 2.45) is 40.6 Å². The highest BCUT2D eigenvalue weighted by atomic mass is 35.5. The molecule has 1 aromatic heterocycles. The van der Waals surface area contributed by atoms with Crippen LogP contribution in [0, 0.1) is 42.4 Å². The van der Waals surface area contributed by atoms with Crippen molar-refractivity contribution in [3.8, 4) is 11.3 Å². The van der Waals surface area contributed by atoms with Gasteiger partial charge in [0, 0.05) is 10.6 Å². The molecule has 6 heteroatoms. The molecule has 2 amide bonds. The SMILES string of the molecule is Cc1ccc(Cl)cc1-c1ccc(/C=N\N2C(=O)[C@@H]3[C@H]4C=C[C@@H]([C@@H]5C[C@@H]45)[C@H]3C2=O)o1. The van der Waals surface area contributed by atoms with Crippen molar-refractivity contribution in [3.05, 3.63) is 58.8 Å². The molecule has 7 rings (SSSR count). The van der Waals surface area contributed by atoms with E-state index in [2.05, 4.69) is 17.3 Å². The molecule has 1 saturated heterocycles. The summed E-state index contributed by atoms with van der Waals surface area (Å²) in [7, 11) is 0. The van der Waals surface area contributed by atoms with Crippen molar-refractivity contribution in [1.29, 1.82) is 0 Å². The van der Waals surface area contributed by atoms with Gasteiger partial charge in [0.15, 0.2) is 0 Å². The predicted molar refractivity (Wildman–Crippen MR) is 108 cm³/mol. The Morgan fingerprint density at radius 3 is 2.45 bits per heavy atom. The number of benzene rings is 1. The summed E-state index contributed by atoms with van der Waals surface area (Å²) in [5.74, 6) is 1.91. The van der Waals surface area contributed by atoms with Crippen molar-refractivity contribution >= 4 is 29.6 Å². The number of nitrogens with zero attached hydrogens (tertiary/aromatic N) is 2. The number of furan rings is 1. The first-order valence-electron chi connectivity index (χ1n) is 9.99. The van der Waals surface area contributed by atoms with Crippen LogP contribution in [0.4, 0.5) is 0 Å². The third-order valence-corrected chi connectivity index (χ3v) is 7.27. The zero-order valence-corrected chi connectivity index (χ0v) is 16.5. The number of amides is 2. The van der Waals surface area contributed by atoms with Crippen LogP contribution in [0.1, 0.15) is 17.7 Å². The largest absolute Gasteiger partial charge is 0.455 e. The second-order valence-electron chi connectivity index (χ2n) is 8.55. The number of carbonyl (C=O) groups excluding carboxylic acids is 2. The molecule has 4 aliphatic carbocycles. The third kappa shape index (κ3) is 2.43. The molecule has 5 aliphatic rings. The minimum Gasteiger partial charge on any atom is -0.455 e. The molecule has 2 bridgehead atoms. The van der Waals surface area contributed by atoms with E-state index in [4.69, 9.17) is 16.0 Å². The van der Waals surface area contributed by atoms with Gasteiger partial charge >= 0.3 is 0 Å². The van der Waals surface area contributed by atoms with Gasteiger partial charge in [-0.2, -0.15) is 10.1 Å². The highest BCUT2D eigenvalue weighted by molar-refractivity contribution is 6.30. The van der Waals surface area contributed by atoms with Crippen LogP contribution >= 0.6 is 11.6 Å². The number of hydrazone groups is 1. The van der Waals surface area contributed by atoms with Gasteiger partial charge < -0.3 is 4.42 Å². The Morgan fingerprint density at radius 1 is 1.07 bits per heavy atom. The Morgan fingerprint density at radius 2 is 1.76 bits per heavy atom. The van der Waals surface area contributed by atoms with Crippen LogP contribution in [-0.2, 0) is 9.59 Å². The summed E-state index contributed by atoms with van der Waals surface area (Å²) in [6.45, 7) is 1.98. The fraction of sp³-hybridized carbons (Fsp3) is 0.348. The van der Waals surface area contributed by atoms with E-state index in [1.54, 1.807) is 6.07 Å². The molecule has 2 saturated carbocycles. The quantitative estimate of drug-likeness (QED) is 0.434. The lowest BCUT2D eigenvalue weighted by Gasteiger charge is -2.37. The molecule has 6 atom stereocenters. The molecule has 1 aromatic carbocycles. The maximum atomic E-state index is 12.9. The molecule has 29 heavy (non-hydrogen) atoms. The lowest BCUT2D eigenvalue weighted by Crippen LogP contribution is -2.40. The van der Waals surface area contributed by atoms with Crippen molar-refractivity contribution < 1.29 is 14.0 Å². The van der Waals surface area contributed by atoms with Crippen LogP contribution < -0.4 is 0 Å². The van der Waals surface area contributed by atoms with Crippen LogP contribution in [0.5, 0.6) is 0 Å². The summed E-state index contributed by atoms with van der Waals surface area (Å²) in [6.07, 6.45) is 6.92. The van der Waals surface area contributed by atoms with E-state index in [0.717, 1.165) is 22.6 Å². The monoisotopic (exact) mass is 406 g/mol. The fourth-order valence-electron chi connectivity index (χ4n) is 5.60. The summed E-state index contributed by atoms with van der Waals surface area (Å²) < 4.78 is 5.86. The summed E-state index contributed by atoms with van der Waals surface area (Å²) in [6, 6.07) is 9.23. The first-order chi connectivity index (χ1) is 14.0. The number of hydrogen-bond donors (Lipinski definition) is 0. The standard InChI is InChI=1S/C23H19ClN2O3/c1-11-2-3-12(24)8-16(11)19-7-4-13(29-19)10-25-26-22(27)20-14-5-6-15(18-9-17(14)18)21(20)23(26)28/h2-8,10,14-15,17-18,20-21H,9H2,1H3/b25-10-/t14-,15-,17-,18-,20+,21+/m0/s1. The number of carbonyl (C=O) groups is 2. The van der Waals surface area contributed by atoms with Crippen molar-refractivity contribution in [1.82, 2.24) is 5.01 Å². The van der Waals surface area contributed by atoms with Crippen molar-refractivity contribution in [2.75, 3.05) is 0 Å². The topological polar surface area (TPSA) is 62.9 Å². The molecular formula is C23H19ClN2O3. The Kier molecular flexibility index (Phi) is 3.52. The van der Waals surface area contributed by atoms with Gasteiger partial charge in [-0.05, 0) is 66.8 Å². The molecule has 146 valence electrons. The van der Waals surface area contributed by atoms with E-state index in [0.29, 0.717) is 28.4 Å². The molecule has 0 radical (unpaired) electrons. The summed E-state index contributed by atoms with van der Waals surface area (Å²) >= 11 is 6.10. The average molecular weight is 407 g/mol. The molecule has 2 aromatic rings. The lowest BCUT2D eigenvalue weighted by molar-refractivity contribution is -0.140. The minimum absolute atomic E-state index is 0.168. The predicted octanol–water partition coefficient (Wildman–Crippen LogP) is 4.30. The van der Waals surface area contributed by atoms with Crippen LogP contribution in [0.15, 0.2) is 52.0 Å². The molecule has 0 spiro atoms. The molecule has 5 nitrogen and oxygen atoms in total. The van der Waals surface area contributed by atoms with Crippen molar-refractivity contribution in [3.63, 3.8) is 0 Å². The molecular weight excluding hydrogens is 388 g/mol. The highest BCUT2D eigenvalue weighted by Gasteiger charge is 2.67. The zero-order chi connectivity index (χ0) is 19.9. The number of allylic oxidation sites excluding steroid dienone is 2. The van der Waals surface area contributed by atoms with Gasteiger partial charge in [-0.15, -0.1) is 0 Å². The second-order valence-corrected chi connectivity index (χ2v) is 8.99.